The third-order valence-electron chi connectivity index (χ3n) is 1.71. The van der Waals surface area contributed by atoms with Crippen LogP contribution < -0.4 is 5.43 Å². The number of aliphatic hydroxyl groups is 2. The molecule has 5 heteroatoms. The summed E-state index contributed by atoms with van der Waals surface area (Å²) >= 11 is 0. The average molecular weight is 176 g/mol. The van der Waals surface area contributed by atoms with E-state index in [-0.39, 0.29) is 6.10 Å². The van der Waals surface area contributed by atoms with Crippen LogP contribution in [-0.4, -0.2) is 46.9 Å². The first-order chi connectivity index (χ1) is 5.61. The quantitative estimate of drug-likeness (QED) is 0.281. The standard InChI is InChI=1S/C7H16N2O3/c1-5(10)9(6(2)11)8-3-7-4-12-7/h5-8,10-11H,3-4H2,1-2H3. The molecule has 3 N–H and O–H groups in total. The van der Waals surface area contributed by atoms with Crippen molar-refractivity contribution in [2.24, 2.45) is 0 Å². The van der Waals surface area contributed by atoms with Crippen LogP contribution in [0.3, 0.4) is 0 Å². The van der Waals surface area contributed by atoms with Crippen molar-refractivity contribution in [1.29, 1.82) is 0 Å². The lowest BCUT2D eigenvalue weighted by Crippen LogP contribution is -2.50. The predicted octanol–water partition coefficient (Wildman–Crippen LogP) is -1.13. The Morgan fingerprint density at radius 2 is 2.00 bits per heavy atom. The van der Waals surface area contributed by atoms with Crippen molar-refractivity contribution in [2.75, 3.05) is 13.2 Å². The minimum atomic E-state index is -0.705. The maximum atomic E-state index is 9.18. The van der Waals surface area contributed by atoms with Gasteiger partial charge in [-0.25, -0.2) is 5.43 Å². The van der Waals surface area contributed by atoms with E-state index >= 15 is 0 Å². The summed E-state index contributed by atoms with van der Waals surface area (Å²) in [5.74, 6) is 0. The van der Waals surface area contributed by atoms with E-state index in [1.54, 1.807) is 13.8 Å². The molecule has 0 saturated carbocycles. The molecule has 1 saturated heterocycles. The molecule has 1 rings (SSSR count). The van der Waals surface area contributed by atoms with Crippen LogP contribution in [0.5, 0.6) is 0 Å². The van der Waals surface area contributed by atoms with Crippen molar-refractivity contribution >= 4 is 0 Å². The van der Waals surface area contributed by atoms with Gasteiger partial charge in [-0.15, -0.1) is 0 Å². The van der Waals surface area contributed by atoms with Crippen molar-refractivity contribution in [3.05, 3.63) is 0 Å². The first-order valence-corrected chi connectivity index (χ1v) is 4.11. The van der Waals surface area contributed by atoms with Gasteiger partial charge in [-0.3, -0.25) is 0 Å². The number of rotatable bonds is 5. The van der Waals surface area contributed by atoms with Gasteiger partial charge in [0.1, 0.15) is 12.5 Å². The SMILES string of the molecule is CC(O)N(NCC1CO1)C(C)O. The van der Waals surface area contributed by atoms with Crippen LogP contribution in [-0.2, 0) is 4.74 Å². The number of aliphatic hydroxyl groups excluding tert-OH is 2. The fourth-order valence-electron chi connectivity index (χ4n) is 0.970. The molecule has 1 fully saturated rings. The third kappa shape index (κ3) is 3.04. The van der Waals surface area contributed by atoms with E-state index in [1.807, 2.05) is 0 Å². The second kappa shape index (κ2) is 4.15. The number of ether oxygens (including phenoxy) is 1. The molecule has 0 aromatic heterocycles. The normalized spacial score (nSPS) is 27.2. The smallest absolute Gasteiger partial charge is 0.119 e. The zero-order chi connectivity index (χ0) is 9.14. The van der Waals surface area contributed by atoms with E-state index in [1.165, 1.54) is 5.01 Å². The van der Waals surface area contributed by atoms with Gasteiger partial charge in [-0.2, -0.15) is 5.01 Å². The summed E-state index contributed by atoms with van der Waals surface area (Å²) in [5, 5.41) is 19.7. The van der Waals surface area contributed by atoms with Crippen molar-refractivity contribution in [1.82, 2.24) is 10.4 Å². The monoisotopic (exact) mass is 176 g/mol. The molecule has 0 spiro atoms. The topological polar surface area (TPSA) is 68.3 Å². The van der Waals surface area contributed by atoms with Gasteiger partial charge >= 0.3 is 0 Å². The minimum absolute atomic E-state index is 0.241. The summed E-state index contributed by atoms with van der Waals surface area (Å²) in [4.78, 5) is 0. The van der Waals surface area contributed by atoms with Gasteiger partial charge in [-0.1, -0.05) is 0 Å². The van der Waals surface area contributed by atoms with E-state index in [9.17, 15) is 10.2 Å². The van der Waals surface area contributed by atoms with Crippen LogP contribution in [0.4, 0.5) is 0 Å². The summed E-state index contributed by atoms with van der Waals surface area (Å²) < 4.78 is 4.97. The highest BCUT2D eigenvalue weighted by Crippen LogP contribution is 2.07. The molecule has 0 bridgehead atoms. The molecule has 12 heavy (non-hydrogen) atoms. The number of epoxide rings is 1. The number of nitrogens with zero attached hydrogens (tertiary/aromatic N) is 1. The molecule has 5 nitrogen and oxygen atoms in total. The summed E-state index contributed by atoms with van der Waals surface area (Å²) in [5.41, 5.74) is 2.89. The summed E-state index contributed by atoms with van der Waals surface area (Å²) in [7, 11) is 0. The second-order valence-corrected chi connectivity index (χ2v) is 2.99. The molecule has 0 radical (unpaired) electrons. The molecule has 1 aliphatic rings. The lowest BCUT2D eigenvalue weighted by Gasteiger charge is -2.28. The van der Waals surface area contributed by atoms with Crippen LogP contribution in [0.1, 0.15) is 13.8 Å². The van der Waals surface area contributed by atoms with E-state index in [0.29, 0.717) is 6.54 Å². The molecular weight excluding hydrogens is 160 g/mol. The van der Waals surface area contributed by atoms with E-state index in [0.717, 1.165) is 6.61 Å². The number of hydrogen-bond acceptors (Lipinski definition) is 5. The third-order valence-corrected chi connectivity index (χ3v) is 1.71. The van der Waals surface area contributed by atoms with Crippen LogP contribution in [0.25, 0.3) is 0 Å². The maximum Gasteiger partial charge on any atom is 0.119 e. The Labute approximate surface area is 71.9 Å². The molecule has 72 valence electrons. The van der Waals surface area contributed by atoms with Gasteiger partial charge in [0.2, 0.25) is 0 Å². The lowest BCUT2D eigenvalue weighted by molar-refractivity contribution is -0.117. The highest BCUT2D eigenvalue weighted by molar-refractivity contribution is 4.71. The van der Waals surface area contributed by atoms with E-state index < -0.39 is 12.5 Å². The fraction of sp³-hybridized carbons (Fsp3) is 1.00. The maximum absolute atomic E-state index is 9.18. The highest BCUT2D eigenvalue weighted by Gasteiger charge is 2.24. The molecule has 1 heterocycles. The van der Waals surface area contributed by atoms with Crippen LogP contribution in [0, 0.1) is 0 Å². The number of hydrazine groups is 1. The van der Waals surface area contributed by atoms with Crippen molar-refractivity contribution in [3.8, 4) is 0 Å². The summed E-state index contributed by atoms with van der Waals surface area (Å²) in [6.45, 7) is 4.58. The Morgan fingerprint density at radius 1 is 1.50 bits per heavy atom. The van der Waals surface area contributed by atoms with Gasteiger partial charge in [0.25, 0.3) is 0 Å². The minimum Gasteiger partial charge on any atom is -0.377 e. The zero-order valence-electron chi connectivity index (χ0n) is 7.40. The van der Waals surface area contributed by atoms with E-state index in [2.05, 4.69) is 5.43 Å². The van der Waals surface area contributed by atoms with Gasteiger partial charge in [0, 0.05) is 6.54 Å². The second-order valence-electron chi connectivity index (χ2n) is 2.99. The first kappa shape index (κ1) is 9.88. The predicted molar refractivity (Wildman–Crippen MR) is 42.9 cm³/mol. The molecule has 0 aromatic rings. The average Bonchev–Trinajstić information content (AvgIpc) is 2.69. The molecule has 0 aliphatic carbocycles. The van der Waals surface area contributed by atoms with Gasteiger partial charge in [-0.05, 0) is 13.8 Å². The zero-order valence-corrected chi connectivity index (χ0v) is 7.40. The molecule has 0 aromatic carbocycles. The Bertz CT molecular complexity index is 129. The van der Waals surface area contributed by atoms with Crippen molar-refractivity contribution in [2.45, 2.75) is 32.4 Å². The fourth-order valence-corrected chi connectivity index (χ4v) is 0.970. The van der Waals surface area contributed by atoms with Gasteiger partial charge < -0.3 is 14.9 Å². The summed E-state index contributed by atoms with van der Waals surface area (Å²) in [6.07, 6.45) is -1.17. The van der Waals surface area contributed by atoms with Crippen LogP contribution in [0.2, 0.25) is 0 Å². The summed E-state index contributed by atoms with van der Waals surface area (Å²) in [6, 6.07) is 0. The van der Waals surface area contributed by atoms with Gasteiger partial charge in [0.05, 0.1) is 12.7 Å². The highest BCUT2D eigenvalue weighted by atomic mass is 16.6. The van der Waals surface area contributed by atoms with Crippen LogP contribution in [0.15, 0.2) is 0 Å². The molecule has 0 amide bonds. The first-order valence-electron chi connectivity index (χ1n) is 4.11. The number of hydrogen-bond donors (Lipinski definition) is 3. The number of nitrogens with one attached hydrogen (secondary N) is 1. The molecular formula is C7H16N2O3. The van der Waals surface area contributed by atoms with Gasteiger partial charge in [0.15, 0.2) is 0 Å². The Hall–Kier alpha value is -0.200. The van der Waals surface area contributed by atoms with E-state index in [4.69, 9.17) is 4.74 Å². The molecule has 1 aliphatic heterocycles. The largest absolute Gasteiger partial charge is 0.377 e. The Balaban J connectivity index is 2.21. The molecule has 3 atom stereocenters. The Kier molecular flexibility index (Phi) is 3.42. The Morgan fingerprint density at radius 3 is 2.33 bits per heavy atom. The lowest BCUT2D eigenvalue weighted by atomic mass is 10.5. The van der Waals surface area contributed by atoms with Crippen molar-refractivity contribution in [3.63, 3.8) is 0 Å². The van der Waals surface area contributed by atoms with Crippen molar-refractivity contribution < 1.29 is 14.9 Å². The van der Waals surface area contributed by atoms with Crippen LogP contribution >= 0.6 is 0 Å². The molecule has 3 unspecified atom stereocenters.